The minimum absolute atomic E-state index is 0.0415. The van der Waals surface area contributed by atoms with Crippen LogP contribution in [0.3, 0.4) is 0 Å². The summed E-state index contributed by atoms with van der Waals surface area (Å²) >= 11 is 2.09. The molecule has 1 amide bonds. The summed E-state index contributed by atoms with van der Waals surface area (Å²) in [7, 11) is 1.51. The van der Waals surface area contributed by atoms with Crippen molar-refractivity contribution < 1.29 is 18.7 Å². The Morgan fingerprint density at radius 2 is 2.07 bits per heavy atom. The van der Waals surface area contributed by atoms with Crippen LogP contribution in [0.1, 0.15) is 36.8 Å². The Kier molecular flexibility index (Phi) is 7.69. The maximum atomic E-state index is 13.9. The van der Waals surface area contributed by atoms with Gasteiger partial charge in [0.15, 0.2) is 11.5 Å². The lowest BCUT2D eigenvalue weighted by Crippen LogP contribution is -2.33. The first-order valence-corrected chi connectivity index (χ1v) is 10.8. The number of nitrogens with zero attached hydrogens (tertiary/aromatic N) is 1. The van der Waals surface area contributed by atoms with Gasteiger partial charge in [-0.3, -0.25) is 4.79 Å². The Hall–Kier alpha value is -2.60. The fourth-order valence-electron chi connectivity index (χ4n) is 3.38. The SMILES string of the molecule is COc1cc(/C=C(/C#N)C(=O)NC2CCCC2)cc(I)c1OCc1ccccc1F. The molecular formula is C23H22FIN2O3. The van der Waals surface area contributed by atoms with Gasteiger partial charge in [0.2, 0.25) is 0 Å². The van der Waals surface area contributed by atoms with Crippen molar-refractivity contribution in [3.8, 4) is 17.6 Å². The first-order valence-electron chi connectivity index (χ1n) is 9.68. The number of benzene rings is 2. The first kappa shape index (κ1) is 22.1. The molecule has 0 spiro atoms. The molecule has 0 heterocycles. The molecule has 0 aromatic heterocycles. The van der Waals surface area contributed by atoms with Gasteiger partial charge in [-0.15, -0.1) is 0 Å². The highest BCUT2D eigenvalue weighted by molar-refractivity contribution is 14.1. The van der Waals surface area contributed by atoms with E-state index in [0.717, 1.165) is 29.3 Å². The maximum absolute atomic E-state index is 13.9. The van der Waals surface area contributed by atoms with Crippen LogP contribution in [0.25, 0.3) is 6.08 Å². The average Bonchev–Trinajstić information content (AvgIpc) is 3.24. The van der Waals surface area contributed by atoms with E-state index in [1.54, 1.807) is 30.3 Å². The minimum atomic E-state index is -0.363. The molecule has 0 radical (unpaired) electrons. The molecule has 1 saturated carbocycles. The third kappa shape index (κ3) is 5.51. The number of carbonyl (C=O) groups excluding carboxylic acids is 1. The van der Waals surface area contributed by atoms with Crippen LogP contribution in [-0.4, -0.2) is 19.1 Å². The minimum Gasteiger partial charge on any atom is -0.493 e. The van der Waals surface area contributed by atoms with Crippen molar-refractivity contribution in [3.63, 3.8) is 0 Å². The van der Waals surface area contributed by atoms with Gasteiger partial charge in [-0.25, -0.2) is 4.39 Å². The van der Waals surface area contributed by atoms with Gasteiger partial charge in [0.05, 0.1) is 10.7 Å². The molecule has 1 N–H and O–H groups in total. The van der Waals surface area contributed by atoms with Crippen molar-refractivity contribution in [1.82, 2.24) is 5.32 Å². The van der Waals surface area contributed by atoms with Gasteiger partial charge in [0, 0.05) is 11.6 Å². The average molecular weight is 520 g/mol. The van der Waals surface area contributed by atoms with Crippen molar-refractivity contribution in [2.24, 2.45) is 0 Å². The second kappa shape index (κ2) is 10.4. The number of nitrogens with one attached hydrogen (secondary N) is 1. The van der Waals surface area contributed by atoms with Gasteiger partial charge in [-0.1, -0.05) is 31.0 Å². The molecule has 1 aliphatic rings. The van der Waals surface area contributed by atoms with E-state index >= 15 is 0 Å². The predicted octanol–water partition coefficient (Wildman–Crippen LogP) is 4.98. The van der Waals surface area contributed by atoms with E-state index in [9.17, 15) is 14.4 Å². The zero-order chi connectivity index (χ0) is 21.5. The highest BCUT2D eigenvalue weighted by atomic mass is 127. The second-order valence-corrected chi connectivity index (χ2v) is 8.20. The lowest BCUT2D eigenvalue weighted by Gasteiger charge is -2.14. The van der Waals surface area contributed by atoms with E-state index in [1.807, 2.05) is 6.07 Å². The molecule has 3 rings (SSSR count). The van der Waals surface area contributed by atoms with Gasteiger partial charge >= 0.3 is 0 Å². The van der Waals surface area contributed by atoms with Crippen LogP contribution in [0, 0.1) is 20.7 Å². The number of methoxy groups -OCH3 is 1. The molecule has 0 bridgehead atoms. The molecule has 0 unspecified atom stereocenters. The van der Waals surface area contributed by atoms with Crippen molar-refractivity contribution in [3.05, 3.63) is 62.5 Å². The second-order valence-electron chi connectivity index (χ2n) is 7.04. The van der Waals surface area contributed by atoms with Crippen LogP contribution in [0.5, 0.6) is 11.5 Å². The van der Waals surface area contributed by atoms with E-state index in [0.29, 0.717) is 22.6 Å². The predicted molar refractivity (Wildman–Crippen MR) is 120 cm³/mol. The number of amides is 1. The van der Waals surface area contributed by atoms with Crippen LogP contribution in [-0.2, 0) is 11.4 Å². The zero-order valence-electron chi connectivity index (χ0n) is 16.6. The molecule has 156 valence electrons. The number of hydrogen-bond donors (Lipinski definition) is 1. The molecule has 1 fully saturated rings. The lowest BCUT2D eigenvalue weighted by molar-refractivity contribution is -0.117. The largest absolute Gasteiger partial charge is 0.493 e. The number of ether oxygens (including phenoxy) is 2. The summed E-state index contributed by atoms with van der Waals surface area (Å²) in [6.45, 7) is 0.0570. The summed E-state index contributed by atoms with van der Waals surface area (Å²) in [5.74, 6) is 0.224. The molecule has 5 nitrogen and oxygen atoms in total. The van der Waals surface area contributed by atoms with Crippen molar-refractivity contribution >= 4 is 34.6 Å². The summed E-state index contributed by atoms with van der Waals surface area (Å²) < 4.78 is 25.8. The smallest absolute Gasteiger partial charge is 0.262 e. The fourth-order valence-corrected chi connectivity index (χ4v) is 4.16. The summed E-state index contributed by atoms with van der Waals surface area (Å²) in [5, 5.41) is 12.4. The molecular weight excluding hydrogens is 498 g/mol. The van der Waals surface area contributed by atoms with E-state index in [2.05, 4.69) is 27.9 Å². The number of carbonyl (C=O) groups is 1. The number of hydrogen-bond acceptors (Lipinski definition) is 4. The quantitative estimate of drug-likeness (QED) is 0.318. The van der Waals surface area contributed by atoms with Crippen LogP contribution in [0.2, 0.25) is 0 Å². The highest BCUT2D eigenvalue weighted by Gasteiger charge is 2.20. The standard InChI is InChI=1S/C23H22FIN2O3/c1-29-21-12-15(10-17(13-26)23(28)27-18-7-3-4-8-18)11-20(25)22(21)30-14-16-6-2-5-9-19(16)24/h2,5-6,9-12,18H,3-4,7-8,14H2,1H3,(H,27,28)/b17-10-. The number of rotatable bonds is 7. The Morgan fingerprint density at radius 3 is 2.73 bits per heavy atom. The maximum Gasteiger partial charge on any atom is 0.262 e. The lowest BCUT2D eigenvalue weighted by atomic mass is 10.1. The van der Waals surface area contributed by atoms with Gasteiger partial charge in [0.25, 0.3) is 5.91 Å². The summed E-state index contributed by atoms with van der Waals surface area (Å²) in [5.41, 5.74) is 1.13. The third-order valence-corrected chi connectivity index (χ3v) is 5.75. The molecule has 2 aromatic carbocycles. The molecule has 7 heteroatoms. The Balaban J connectivity index is 1.79. The highest BCUT2D eigenvalue weighted by Crippen LogP contribution is 2.35. The molecule has 0 atom stereocenters. The van der Waals surface area contributed by atoms with Crippen LogP contribution < -0.4 is 14.8 Å². The monoisotopic (exact) mass is 520 g/mol. The van der Waals surface area contributed by atoms with Crippen LogP contribution in [0.15, 0.2) is 42.0 Å². The molecule has 0 aliphatic heterocycles. The van der Waals surface area contributed by atoms with E-state index in [-0.39, 0.29) is 29.9 Å². The fraction of sp³-hybridized carbons (Fsp3) is 0.304. The third-order valence-electron chi connectivity index (χ3n) is 4.95. The van der Waals surface area contributed by atoms with E-state index in [1.165, 1.54) is 19.3 Å². The van der Waals surface area contributed by atoms with Crippen molar-refractivity contribution in [2.45, 2.75) is 38.3 Å². The van der Waals surface area contributed by atoms with Crippen molar-refractivity contribution in [1.29, 1.82) is 5.26 Å². The van der Waals surface area contributed by atoms with Crippen LogP contribution >= 0.6 is 22.6 Å². The summed E-state index contributed by atoms with van der Waals surface area (Å²) in [6, 6.07) is 12.0. The summed E-state index contributed by atoms with van der Waals surface area (Å²) in [6.07, 6.45) is 5.63. The molecule has 0 saturated heterocycles. The normalized spacial score (nSPS) is 14.3. The number of halogens is 2. The summed E-state index contributed by atoms with van der Waals surface area (Å²) in [4.78, 5) is 12.4. The number of nitriles is 1. The topological polar surface area (TPSA) is 71.3 Å². The van der Waals surface area contributed by atoms with Crippen LogP contribution in [0.4, 0.5) is 4.39 Å². The van der Waals surface area contributed by atoms with Gasteiger partial charge < -0.3 is 14.8 Å². The van der Waals surface area contributed by atoms with Gasteiger partial charge in [-0.2, -0.15) is 5.26 Å². The molecule has 1 aliphatic carbocycles. The molecule has 30 heavy (non-hydrogen) atoms. The first-order chi connectivity index (χ1) is 14.5. The Bertz CT molecular complexity index is 994. The van der Waals surface area contributed by atoms with E-state index in [4.69, 9.17) is 9.47 Å². The van der Waals surface area contributed by atoms with E-state index < -0.39 is 0 Å². The van der Waals surface area contributed by atoms with Crippen molar-refractivity contribution in [2.75, 3.05) is 7.11 Å². The van der Waals surface area contributed by atoms with Gasteiger partial charge in [-0.05, 0) is 65.3 Å². The van der Waals surface area contributed by atoms with Gasteiger partial charge in [0.1, 0.15) is 24.1 Å². The molecule has 2 aromatic rings. The zero-order valence-corrected chi connectivity index (χ0v) is 18.7. The Morgan fingerprint density at radius 1 is 1.33 bits per heavy atom. The Labute approximate surface area is 189 Å².